The molecule has 17 heavy (non-hydrogen) atoms. The third-order valence-corrected chi connectivity index (χ3v) is 2.27. The molecule has 0 aromatic heterocycles. The monoisotopic (exact) mass is 238 g/mol. The minimum absolute atomic E-state index is 0.0914. The molecule has 1 rings (SSSR count). The van der Waals surface area contributed by atoms with Crippen molar-refractivity contribution in [1.29, 1.82) is 0 Å². The number of carbonyl (C=O) groups is 1. The fourth-order valence-electron chi connectivity index (χ4n) is 1.55. The Balaban J connectivity index is 3.22. The molecule has 0 atom stereocenters. The van der Waals surface area contributed by atoms with E-state index in [9.17, 15) is 9.90 Å². The molecule has 0 spiro atoms. The largest absolute Gasteiger partial charge is 0.507 e. The van der Waals surface area contributed by atoms with Crippen LogP contribution in [-0.4, -0.2) is 24.1 Å². The van der Waals surface area contributed by atoms with E-state index in [0.717, 1.165) is 0 Å². The lowest BCUT2D eigenvalue weighted by Crippen LogP contribution is -2.04. The van der Waals surface area contributed by atoms with E-state index < -0.39 is 0 Å². The number of Topliss-reactive ketones (excluding diaryl/α,β-unsaturated/α-hetero) is 1. The van der Waals surface area contributed by atoms with Crippen molar-refractivity contribution in [2.24, 2.45) is 0 Å². The van der Waals surface area contributed by atoms with Crippen LogP contribution in [0.3, 0.4) is 0 Å². The predicted molar refractivity (Wildman–Crippen MR) is 65.1 cm³/mol. The molecular weight excluding hydrogens is 220 g/mol. The minimum Gasteiger partial charge on any atom is -0.507 e. The molecule has 0 bridgehead atoms. The zero-order chi connectivity index (χ0) is 12.8. The Morgan fingerprint density at radius 2 is 1.82 bits per heavy atom. The Bertz CT molecular complexity index is 399. The Labute approximate surface area is 101 Å². The number of ketones is 1. The van der Waals surface area contributed by atoms with Gasteiger partial charge in [-0.1, -0.05) is 6.92 Å². The van der Waals surface area contributed by atoms with Crippen molar-refractivity contribution in [3.63, 3.8) is 0 Å². The molecule has 0 heterocycles. The van der Waals surface area contributed by atoms with E-state index in [1.807, 2.05) is 13.8 Å². The van der Waals surface area contributed by atoms with Crippen LogP contribution >= 0.6 is 0 Å². The first-order chi connectivity index (χ1) is 8.13. The maximum absolute atomic E-state index is 11.7. The van der Waals surface area contributed by atoms with Crippen LogP contribution in [0.25, 0.3) is 0 Å². The lowest BCUT2D eigenvalue weighted by Gasteiger charge is -2.13. The van der Waals surface area contributed by atoms with E-state index in [0.29, 0.717) is 31.1 Å². The summed E-state index contributed by atoms with van der Waals surface area (Å²) in [6.45, 7) is 6.34. The van der Waals surface area contributed by atoms with E-state index in [4.69, 9.17) is 9.47 Å². The number of aromatic hydroxyl groups is 1. The van der Waals surface area contributed by atoms with Crippen molar-refractivity contribution < 1.29 is 19.4 Å². The molecule has 1 N–H and O–H groups in total. The van der Waals surface area contributed by atoms with Crippen LogP contribution in [0.2, 0.25) is 0 Å². The fourth-order valence-corrected chi connectivity index (χ4v) is 1.55. The molecule has 4 heteroatoms. The summed E-state index contributed by atoms with van der Waals surface area (Å²) in [5.74, 6) is 0.643. The van der Waals surface area contributed by atoms with Crippen molar-refractivity contribution in [3.8, 4) is 17.2 Å². The van der Waals surface area contributed by atoms with Gasteiger partial charge in [-0.25, -0.2) is 0 Å². The van der Waals surface area contributed by atoms with E-state index in [-0.39, 0.29) is 17.1 Å². The average Bonchev–Trinajstić information content (AvgIpc) is 2.29. The van der Waals surface area contributed by atoms with Gasteiger partial charge in [0.05, 0.1) is 13.2 Å². The number of phenolic OH excluding ortho intramolecular Hbond substituents is 1. The molecule has 0 aliphatic carbocycles. The van der Waals surface area contributed by atoms with Gasteiger partial charge in [-0.15, -0.1) is 0 Å². The number of ether oxygens (including phenoxy) is 2. The van der Waals surface area contributed by atoms with E-state index in [1.54, 1.807) is 13.0 Å². The lowest BCUT2D eigenvalue weighted by atomic mass is 10.1. The molecule has 94 valence electrons. The van der Waals surface area contributed by atoms with Crippen LogP contribution in [-0.2, 0) is 0 Å². The molecule has 4 nitrogen and oxygen atoms in total. The zero-order valence-corrected chi connectivity index (χ0v) is 10.4. The molecule has 0 radical (unpaired) electrons. The third kappa shape index (κ3) is 3.12. The number of hydrogen-bond donors (Lipinski definition) is 1. The summed E-state index contributed by atoms with van der Waals surface area (Å²) in [5.41, 5.74) is 0.234. The second-order valence-corrected chi connectivity index (χ2v) is 3.46. The van der Waals surface area contributed by atoms with Crippen molar-refractivity contribution in [2.75, 3.05) is 13.2 Å². The molecular formula is C13H18O4. The Morgan fingerprint density at radius 1 is 1.18 bits per heavy atom. The molecule has 0 fully saturated rings. The van der Waals surface area contributed by atoms with Crippen LogP contribution in [0.5, 0.6) is 17.2 Å². The van der Waals surface area contributed by atoms with Crippen molar-refractivity contribution in [1.82, 2.24) is 0 Å². The van der Waals surface area contributed by atoms with E-state index in [2.05, 4.69) is 0 Å². The first-order valence-corrected chi connectivity index (χ1v) is 5.79. The SMILES string of the molecule is CCOc1cc(O)c(C(=O)CC)c(OCC)c1. The number of carbonyl (C=O) groups excluding carboxylic acids is 1. The molecule has 0 saturated carbocycles. The van der Waals surface area contributed by atoms with E-state index >= 15 is 0 Å². The highest BCUT2D eigenvalue weighted by Gasteiger charge is 2.18. The Morgan fingerprint density at radius 3 is 2.35 bits per heavy atom. The summed E-state index contributed by atoms with van der Waals surface area (Å²) in [6, 6.07) is 3.07. The first kappa shape index (κ1) is 13.4. The maximum atomic E-state index is 11.7. The molecule has 0 aliphatic heterocycles. The quantitative estimate of drug-likeness (QED) is 0.774. The standard InChI is InChI=1S/C13H18O4/c1-4-10(14)13-11(15)7-9(16-5-2)8-12(13)17-6-3/h7-8,15H,4-6H2,1-3H3. The summed E-state index contributed by atoms with van der Waals surface area (Å²) in [6.07, 6.45) is 0.321. The first-order valence-electron chi connectivity index (χ1n) is 5.79. The van der Waals surface area contributed by atoms with Crippen LogP contribution in [0.1, 0.15) is 37.6 Å². The van der Waals surface area contributed by atoms with Crippen LogP contribution in [0, 0.1) is 0 Å². The van der Waals surface area contributed by atoms with Gasteiger partial charge in [0.2, 0.25) is 0 Å². The normalized spacial score (nSPS) is 10.1. The second kappa shape index (κ2) is 6.13. The van der Waals surface area contributed by atoms with E-state index in [1.165, 1.54) is 6.07 Å². The van der Waals surface area contributed by atoms with Crippen LogP contribution < -0.4 is 9.47 Å². The molecule has 1 aromatic carbocycles. The predicted octanol–water partition coefficient (Wildman–Crippen LogP) is 2.78. The molecule has 0 aliphatic rings. The number of hydrogen-bond acceptors (Lipinski definition) is 4. The molecule has 1 aromatic rings. The van der Waals surface area contributed by atoms with Crippen LogP contribution in [0.4, 0.5) is 0 Å². The van der Waals surface area contributed by atoms with Gasteiger partial charge in [-0.3, -0.25) is 4.79 Å². The number of rotatable bonds is 6. The van der Waals surface area contributed by atoms with Crippen LogP contribution in [0.15, 0.2) is 12.1 Å². The van der Waals surface area contributed by atoms with Gasteiger partial charge in [0, 0.05) is 18.6 Å². The van der Waals surface area contributed by atoms with Gasteiger partial charge in [-0.05, 0) is 13.8 Å². The second-order valence-electron chi connectivity index (χ2n) is 3.46. The Hall–Kier alpha value is -1.71. The van der Waals surface area contributed by atoms with Crippen molar-refractivity contribution >= 4 is 5.78 Å². The van der Waals surface area contributed by atoms with Gasteiger partial charge in [0.25, 0.3) is 0 Å². The lowest BCUT2D eigenvalue weighted by molar-refractivity contribution is 0.0981. The average molecular weight is 238 g/mol. The highest BCUT2D eigenvalue weighted by molar-refractivity contribution is 6.01. The van der Waals surface area contributed by atoms with Gasteiger partial charge in [-0.2, -0.15) is 0 Å². The smallest absolute Gasteiger partial charge is 0.170 e. The highest BCUT2D eigenvalue weighted by Crippen LogP contribution is 2.34. The summed E-state index contributed by atoms with van der Waals surface area (Å²) in [4.78, 5) is 11.7. The Kier molecular flexibility index (Phi) is 4.82. The topological polar surface area (TPSA) is 55.8 Å². The molecule has 0 amide bonds. The fraction of sp³-hybridized carbons (Fsp3) is 0.462. The van der Waals surface area contributed by atoms with Gasteiger partial charge >= 0.3 is 0 Å². The van der Waals surface area contributed by atoms with Crippen molar-refractivity contribution in [3.05, 3.63) is 17.7 Å². The van der Waals surface area contributed by atoms with Gasteiger partial charge in [0.1, 0.15) is 22.8 Å². The summed E-state index contributed by atoms with van der Waals surface area (Å²) < 4.78 is 10.7. The number of benzene rings is 1. The maximum Gasteiger partial charge on any atom is 0.170 e. The zero-order valence-electron chi connectivity index (χ0n) is 10.4. The third-order valence-electron chi connectivity index (χ3n) is 2.27. The highest BCUT2D eigenvalue weighted by atomic mass is 16.5. The summed E-state index contributed by atoms with van der Waals surface area (Å²) >= 11 is 0. The minimum atomic E-state index is -0.144. The van der Waals surface area contributed by atoms with Gasteiger partial charge in [0.15, 0.2) is 5.78 Å². The van der Waals surface area contributed by atoms with Gasteiger partial charge < -0.3 is 14.6 Å². The molecule has 0 saturated heterocycles. The van der Waals surface area contributed by atoms with Crippen molar-refractivity contribution in [2.45, 2.75) is 27.2 Å². The number of phenols is 1. The summed E-state index contributed by atoms with van der Waals surface area (Å²) in [5, 5.41) is 9.85. The molecule has 0 unspecified atom stereocenters. The summed E-state index contributed by atoms with van der Waals surface area (Å²) in [7, 11) is 0.